The molecule has 4 nitrogen and oxygen atoms in total. The lowest BCUT2D eigenvalue weighted by Crippen LogP contribution is -2.38. The second kappa shape index (κ2) is 6.21. The number of Topliss-reactive ketones (excluding diaryl/α,β-unsaturated/α-hetero) is 1. The fourth-order valence-electron chi connectivity index (χ4n) is 1.66. The Morgan fingerprint density at radius 1 is 1.35 bits per heavy atom. The summed E-state index contributed by atoms with van der Waals surface area (Å²) in [5, 5.41) is 10.9. The largest absolute Gasteiger partial charge is 0.398 e. The number of carbonyl (C=O) groups excluding carboxylic acids is 1. The maximum absolute atomic E-state index is 12.8. The summed E-state index contributed by atoms with van der Waals surface area (Å²) in [6, 6.07) is 3.43. The molecule has 0 heterocycles. The molecule has 2 atom stereocenters. The SMILES string of the molecule is CC(C(CC(=O)c1ccc(Cl)cc1)C(F)(F)F)[N+](=O)[O-]. The predicted molar refractivity (Wildman–Crippen MR) is 66.4 cm³/mol. The molecule has 2 unspecified atom stereocenters. The van der Waals surface area contributed by atoms with Crippen LogP contribution in [0.2, 0.25) is 5.02 Å². The number of hydrogen-bond donors (Lipinski definition) is 0. The normalized spacial score (nSPS) is 14.7. The zero-order valence-electron chi connectivity index (χ0n) is 10.4. The molecule has 0 aliphatic heterocycles. The lowest BCUT2D eigenvalue weighted by Gasteiger charge is -2.20. The Morgan fingerprint density at radius 2 is 1.85 bits per heavy atom. The van der Waals surface area contributed by atoms with Gasteiger partial charge in [-0.2, -0.15) is 13.2 Å². The summed E-state index contributed by atoms with van der Waals surface area (Å²) < 4.78 is 38.4. The molecule has 0 saturated heterocycles. The summed E-state index contributed by atoms with van der Waals surface area (Å²) in [7, 11) is 0. The van der Waals surface area contributed by atoms with Crippen molar-refractivity contribution in [2.45, 2.75) is 25.6 Å². The van der Waals surface area contributed by atoms with E-state index in [1.807, 2.05) is 0 Å². The summed E-state index contributed by atoms with van der Waals surface area (Å²) in [5.41, 5.74) is 0.0409. The monoisotopic (exact) mass is 309 g/mol. The Kier molecular flexibility index (Phi) is 5.10. The predicted octanol–water partition coefficient (Wildman–Crippen LogP) is 3.76. The van der Waals surface area contributed by atoms with Crippen LogP contribution in [0.4, 0.5) is 13.2 Å². The second-order valence-corrected chi connectivity index (χ2v) is 4.74. The van der Waals surface area contributed by atoms with Crippen LogP contribution in [0.15, 0.2) is 24.3 Å². The number of rotatable bonds is 5. The van der Waals surface area contributed by atoms with Crippen molar-refractivity contribution in [1.82, 2.24) is 0 Å². The number of alkyl halides is 3. The maximum Gasteiger partial charge on any atom is 0.398 e. The minimum Gasteiger partial charge on any atom is -0.294 e. The van der Waals surface area contributed by atoms with Crippen molar-refractivity contribution >= 4 is 17.4 Å². The second-order valence-electron chi connectivity index (χ2n) is 4.31. The molecule has 1 aromatic rings. The van der Waals surface area contributed by atoms with Crippen LogP contribution in [0.1, 0.15) is 23.7 Å². The van der Waals surface area contributed by atoms with E-state index in [9.17, 15) is 28.1 Å². The van der Waals surface area contributed by atoms with E-state index in [1.165, 1.54) is 24.3 Å². The Morgan fingerprint density at radius 3 is 2.25 bits per heavy atom. The zero-order chi connectivity index (χ0) is 15.5. The van der Waals surface area contributed by atoms with E-state index in [0.717, 1.165) is 6.92 Å². The first-order chi connectivity index (χ1) is 9.12. The highest BCUT2D eigenvalue weighted by Crippen LogP contribution is 2.33. The van der Waals surface area contributed by atoms with E-state index in [-0.39, 0.29) is 5.56 Å². The Hall–Kier alpha value is -1.63. The summed E-state index contributed by atoms with van der Waals surface area (Å²) in [6.07, 6.45) is -5.78. The molecular weight excluding hydrogens is 299 g/mol. The van der Waals surface area contributed by atoms with Crippen molar-refractivity contribution in [2.24, 2.45) is 5.92 Å². The van der Waals surface area contributed by atoms with Crippen LogP contribution in [-0.4, -0.2) is 22.9 Å². The van der Waals surface area contributed by atoms with Gasteiger partial charge in [0.2, 0.25) is 6.04 Å². The van der Waals surface area contributed by atoms with Crippen molar-refractivity contribution in [3.8, 4) is 0 Å². The Labute approximate surface area is 117 Å². The standard InChI is InChI=1S/C12H11ClF3NO3/c1-7(17(19)20)10(12(14,15)16)6-11(18)8-2-4-9(13)5-3-8/h2-5,7,10H,6H2,1H3. The fraction of sp³-hybridized carbons (Fsp3) is 0.417. The highest BCUT2D eigenvalue weighted by atomic mass is 35.5. The molecular formula is C12H11ClF3NO3. The number of benzene rings is 1. The molecule has 0 aliphatic rings. The van der Waals surface area contributed by atoms with Crippen molar-refractivity contribution < 1.29 is 22.9 Å². The minimum absolute atomic E-state index is 0.0409. The van der Waals surface area contributed by atoms with E-state index in [1.54, 1.807) is 0 Å². The number of ketones is 1. The third kappa shape index (κ3) is 4.19. The number of carbonyl (C=O) groups is 1. The van der Waals surface area contributed by atoms with Gasteiger partial charge in [-0.25, -0.2) is 0 Å². The van der Waals surface area contributed by atoms with Crippen molar-refractivity contribution in [3.63, 3.8) is 0 Å². The van der Waals surface area contributed by atoms with Crippen LogP contribution in [-0.2, 0) is 0 Å². The molecule has 0 spiro atoms. The average molecular weight is 310 g/mol. The van der Waals surface area contributed by atoms with Crippen LogP contribution in [0, 0.1) is 16.0 Å². The molecule has 1 aromatic carbocycles. The third-order valence-electron chi connectivity index (χ3n) is 2.91. The van der Waals surface area contributed by atoms with Gasteiger partial charge in [0.05, 0.1) is 0 Å². The highest BCUT2D eigenvalue weighted by molar-refractivity contribution is 6.30. The average Bonchev–Trinajstić information content (AvgIpc) is 2.34. The van der Waals surface area contributed by atoms with E-state index in [0.29, 0.717) is 5.02 Å². The Bertz CT molecular complexity index is 502. The molecule has 0 aromatic heterocycles. The van der Waals surface area contributed by atoms with E-state index in [2.05, 4.69) is 0 Å². The molecule has 110 valence electrons. The molecule has 0 amide bonds. The fourth-order valence-corrected chi connectivity index (χ4v) is 1.79. The topological polar surface area (TPSA) is 60.2 Å². The smallest absolute Gasteiger partial charge is 0.294 e. The molecule has 0 aliphatic carbocycles. The Balaban J connectivity index is 2.93. The summed E-state index contributed by atoms with van der Waals surface area (Å²) in [6.45, 7) is 0.841. The van der Waals surface area contributed by atoms with Gasteiger partial charge < -0.3 is 0 Å². The molecule has 0 saturated carbocycles. The van der Waals surface area contributed by atoms with E-state index in [4.69, 9.17) is 11.6 Å². The van der Waals surface area contributed by atoms with E-state index < -0.39 is 35.3 Å². The zero-order valence-corrected chi connectivity index (χ0v) is 11.1. The number of hydrogen-bond acceptors (Lipinski definition) is 3. The van der Waals surface area contributed by atoms with Gasteiger partial charge in [-0.1, -0.05) is 11.6 Å². The minimum atomic E-state index is -4.81. The van der Waals surface area contributed by atoms with Crippen LogP contribution in [0.3, 0.4) is 0 Å². The van der Waals surface area contributed by atoms with Crippen LogP contribution < -0.4 is 0 Å². The lowest BCUT2D eigenvalue weighted by atomic mass is 9.92. The number of nitro groups is 1. The van der Waals surface area contributed by atoms with Gasteiger partial charge >= 0.3 is 6.18 Å². The molecule has 0 N–H and O–H groups in total. The first kappa shape index (κ1) is 16.4. The van der Waals surface area contributed by atoms with Crippen molar-refractivity contribution in [1.29, 1.82) is 0 Å². The van der Waals surface area contributed by atoms with Gasteiger partial charge in [-0.3, -0.25) is 14.9 Å². The van der Waals surface area contributed by atoms with Gasteiger partial charge in [0, 0.05) is 28.9 Å². The van der Waals surface area contributed by atoms with Crippen LogP contribution in [0.5, 0.6) is 0 Å². The van der Waals surface area contributed by atoms with Crippen LogP contribution >= 0.6 is 11.6 Å². The summed E-state index contributed by atoms with van der Waals surface area (Å²) in [4.78, 5) is 21.3. The van der Waals surface area contributed by atoms with Crippen LogP contribution in [0.25, 0.3) is 0 Å². The van der Waals surface area contributed by atoms with Crippen molar-refractivity contribution in [2.75, 3.05) is 0 Å². The molecule has 0 fully saturated rings. The first-order valence-electron chi connectivity index (χ1n) is 5.62. The first-order valence-corrected chi connectivity index (χ1v) is 5.99. The molecule has 0 radical (unpaired) electrons. The van der Waals surface area contributed by atoms with E-state index >= 15 is 0 Å². The summed E-state index contributed by atoms with van der Waals surface area (Å²) >= 11 is 5.61. The van der Waals surface area contributed by atoms with Crippen molar-refractivity contribution in [3.05, 3.63) is 45.0 Å². The third-order valence-corrected chi connectivity index (χ3v) is 3.16. The molecule has 8 heteroatoms. The molecule has 0 bridgehead atoms. The summed E-state index contributed by atoms with van der Waals surface area (Å²) in [5.74, 6) is -3.13. The molecule has 1 rings (SSSR count). The van der Waals surface area contributed by atoms with Gasteiger partial charge in [-0.05, 0) is 24.3 Å². The molecule has 20 heavy (non-hydrogen) atoms. The maximum atomic E-state index is 12.8. The highest BCUT2D eigenvalue weighted by Gasteiger charge is 2.49. The lowest BCUT2D eigenvalue weighted by molar-refractivity contribution is -0.536. The van der Waals surface area contributed by atoms with Gasteiger partial charge in [0.1, 0.15) is 5.92 Å². The number of nitrogens with zero attached hydrogens (tertiary/aromatic N) is 1. The van der Waals surface area contributed by atoms with Gasteiger partial charge in [-0.15, -0.1) is 0 Å². The van der Waals surface area contributed by atoms with Gasteiger partial charge in [0.25, 0.3) is 0 Å². The quantitative estimate of drug-likeness (QED) is 0.473. The number of halogens is 4. The van der Waals surface area contributed by atoms with Gasteiger partial charge in [0.15, 0.2) is 5.78 Å².